The number of carbonyl (C=O) groups is 1. The molecule has 0 aliphatic carbocycles. The molecule has 1 saturated heterocycles. The molecule has 7 heteroatoms. The zero-order chi connectivity index (χ0) is 13.2. The van der Waals surface area contributed by atoms with Crippen LogP contribution in [0.4, 0.5) is 0 Å². The van der Waals surface area contributed by atoms with Crippen LogP contribution in [0.1, 0.15) is 23.3 Å². The van der Waals surface area contributed by atoms with E-state index in [-0.39, 0.29) is 17.8 Å². The smallest absolute Gasteiger partial charge is 0.272 e. The van der Waals surface area contributed by atoms with E-state index in [1.54, 1.807) is 6.07 Å². The lowest BCUT2D eigenvalue weighted by molar-refractivity contribution is 0.0926. The number of carbonyl (C=O) groups excluding carboxylic acids is 1. The number of aromatic nitrogens is 3. The lowest BCUT2D eigenvalue weighted by atomic mass is 10.1. The van der Waals surface area contributed by atoms with Crippen LogP contribution in [0, 0.1) is 0 Å². The highest BCUT2D eigenvalue weighted by molar-refractivity contribution is 6.04. The van der Waals surface area contributed by atoms with Gasteiger partial charge in [0.1, 0.15) is 0 Å². The summed E-state index contributed by atoms with van der Waals surface area (Å²) in [6.07, 6.45) is 1.85. The van der Waals surface area contributed by atoms with E-state index in [9.17, 15) is 9.90 Å². The van der Waals surface area contributed by atoms with Crippen LogP contribution in [-0.2, 0) is 0 Å². The first-order valence-electron chi connectivity index (χ1n) is 6.30. The summed E-state index contributed by atoms with van der Waals surface area (Å²) in [5, 5.41) is 22.7. The molecule has 0 atom stereocenters. The Bertz CT molecular complexity index is 603. The fourth-order valence-electron chi connectivity index (χ4n) is 2.29. The molecule has 1 aliphatic heterocycles. The Balaban J connectivity index is 1.81. The number of nitrogens with zero attached hydrogens (tertiary/aromatic N) is 2. The fourth-order valence-corrected chi connectivity index (χ4v) is 2.29. The summed E-state index contributed by atoms with van der Waals surface area (Å²) in [5.41, 5.74) is 0.733. The van der Waals surface area contributed by atoms with Gasteiger partial charge < -0.3 is 15.7 Å². The van der Waals surface area contributed by atoms with Crippen molar-refractivity contribution >= 4 is 16.9 Å². The van der Waals surface area contributed by atoms with Crippen molar-refractivity contribution in [1.82, 2.24) is 25.8 Å². The Labute approximate surface area is 109 Å². The Kier molecular flexibility index (Phi) is 3.04. The number of piperidine rings is 1. The van der Waals surface area contributed by atoms with Gasteiger partial charge in [-0.05, 0) is 32.0 Å². The van der Waals surface area contributed by atoms with Crippen LogP contribution in [0.2, 0.25) is 0 Å². The van der Waals surface area contributed by atoms with Crippen LogP contribution in [0.3, 0.4) is 0 Å². The molecule has 4 N–H and O–H groups in total. The van der Waals surface area contributed by atoms with Gasteiger partial charge in [0.15, 0.2) is 11.3 Å². The van der Waals surface area contributed by atoms with Gasteiger partial charge in [-0.25, -0.2) is 0 Å². The van der Waals surface area contributed by atoms with Gasteiger partial charge in [-0.1, -0.05) is 0 Å². The maximum Gasteiger partial charge on any atom is 0.272 e. The maximum absolute atomic E-state index is 12.2. The number of aromatic amines is 1. The van der Waals surface area contributed by atoms with Crippen LogP contribution in [0.25, 0.3) is 11.0 Å². The molecule has 1 amide bonds. The number of fused-ring (bicyclic) bond motifs is 1. The van der Waals surface area contributed by atoms with Crippen molar-refractivity contribution in [3.8, 4) is 5.88 Å². The molecule has 0 unspecified atom stereocenters. The lowest BCUT2D eigenvalue weighted by Gasteiger charge is -2.23. The van der Waals surface area contributed by atoms with Crippen molar-refractivity contribution in [1.29, 1.82) is 0 Å². The zero-order valence-electron chi connectivity index (χ0n) is 10.3. The monoisotopic (exact) mass is 261 g/mol. The van der Waals surface area contributed by atoms with Gasteiger partial charge in [0.25, 0.3) is 5.91 Å². The van der Waals surface area contributed by atoms with Crippen LogP contribution >= 0.6 is 0 Å². The predicted octanol–water partition coefficient (Wildman–Crippen LogP) is 0.145. The minimum Gasteiger partial charge on any atom is -0.493 e. The second kappa shape index (κ2) is 4.85. The largest absolute Gasteiger partial charge is 0.493 e. The number of hydrogen-bond donors (Lipinski definition) is 4. The molecule has 19 heavy (non-hydrogen) atoms. The minimum absolute atomic E-state index is 0.0959. The van der Waals surface area contributed by atoms with Gasteiger partial charge in [-0.2, -0.15) is 10.1 Å². The predicted molar refractivity (Wildman–Crippen MR) is 68.9 cm³/mol. The molecule has 0 bridgehead atoms. The molecule has 3 rings (SSSR count). The van der Waals surface area contributed by atoms with Gasteiger partial charge in [0.2, 0.25) is 5.88 Å². The van der Waals surface area contributed by atoms with E-state index < -0.39 is 0 Å². The van der Waals surface area contributed by atoms with Gasteiger partial charge in [-0.3, -0.25) is 9.89 Å². The molecule has 0 radical (unpaired) electrons. The highest BCUT2D eigenvalue weighted by Crippen LogP contribution is 2.17. The fraction of sp³-hybridized carbons (Fsp3) is 0.417. The van der Waals surface area contributed by atoms with E-state index in [2.05, 4.69) is 25.8 Å². The molecule has 2 aromatic heterocycles. The second-order valence-corrected chi connectivity index (χ2v) is 4.64. The average Bonchev–Trinajstić information content (AvgIpc) is 2.82. The summed E-state index contributed by atoms with van der Waals surface area (Å²) in [5.74, 6) is -0.299. The molecule has 1 fully saturated rings. The van der Waals surface area contributed by atoms with Crippen molar-refractivity contribution in [2.75, 3.05) is 13.1 Å². The maximum atomic E-state index is 12.2. The molecule has 0 spiro atoms. The number of hydrogen-bond acceptors (Lipinski definition) is 5. The summed E-state index contributed by atoms with van der Waals surface area (Å²) in [7, 11) is 0. The molecule has 2 aromatic rings. The number of H-pyrrole nitrogens is 1. The van der Waals surface area contributed by atoms with Crippen LogP contribution < -0.4 is 10.6 Å². The van der Waals surface area contributed by atoms with Crippen molar-refractivity contribution in [2.45, 2.75) is 18.9 Å². The van der Waals surface area contributed by atoms with Crippen molar-refractivity contribution in [2.24, 2.45) is 0 Å². The Morgan fingerprint density at radius 1 is 1.37 bits per heavy atom. The molecular weight excluding hydrogens is 246 g/mol. The summed E-state index contributed by atoms with van der Waals surface area (Å²) < 4.78 is 0. The molecule has 3 heterocycles. The van der Waals surface area contributed by atoms with Gasteiger partial charge in [0.05, 0.1) is 5.39 Å². The SMILES string of the molecule is O=C(NC1CCNCC1)c1n[nH]c2nc(O)ccc12. The topological polar surface area (TPSA) is 103 Å². The summed E-state index contributed by atoms with van der Waals surface area (Å²) >= 11 is 0. The molecule has 1 aliphatic rings. The Hall–Kier alpha value is -2.15. The third-order valence-electron chi connectivity index (χ3n) is 3.30. The van der Waals surface area contributed by atoms with Crippen molar-refractivity contribution < 1.29 is 9.90 Å². The third-order valence-corrected chi connectivity index (χ3v) is 3.30. The molecule has 100 valence electrons. The quantitative estimate of drug-likeness (QED) is 0.616. The number of nitrogens with one attached hydrogen (secondary N) is 3. The normalized spacial score (nSPS) is 16.6. The Morgan fingerprint density at radius 2 is 2.16 bits per heavy atom. The highest BCUT2D eigenvalue weighted by Gasteiger charge is 2.20. The average molecular weight is 261 g/mol. The summed E-state index contributed by atoms with van der Waals surface area (Å²) in [6.45, 7) is 1.84. The number of amides is 1. The van der Waals surface area contributed by atoms with Crippen LogP contribution in [0.15, 0.2) is 12.1 Å². The standard InChI is InChI=1S/C12H15N5O2/c18-9-2-1-8-10(16-17-11(8)15-9)12(19)14-7-3-5-13-6-4-7/h1-2,7,13H,3-6H2,(H,14,19)(H2,15,16,17,18). The first-order valence-corrected chi connectivity index (χ1v) is 6.30. The van der Waals surface area contributed by atoms with E-state index in [1.807, 2.05) is 0 Å². The first-order chi connectivity index (χ1) is 9.24. The van der Waals surface area contributed by atoms with E-state index in [4.69, 9.17) is 0 Å². The number of rotatable bonds is 2. The minimum atomic E-state index is -0.203. The van der Waals surface area contributed by atoms with E-state index in [0.717, 1.165) is 25.9 Å². The first kappa shape index (κ1) is 11.9. The van der Waals surface area contributed by atoms with Crippen molar-refractivity contribution in [3.05, 3.63) is 17.8 Å². The highest BCUT2D eigenvalue weighted by atomic mass is 16.3. The van der Waals surface area contributed by atoms with Crippen molar-refractivity contribution in [3.63, 3.8) is 0 Å². The molecular formula is C12H15N5O2. The third kappa shape index (κ3) is 2.37. The van der Waals surface area contributed by atoms with Gasteiger partial charge >= 0.3 is 0 Å². The second-order valence-electron chi connectivity index (χ2n) is 4.64. The van der Waals surface area contributed by atoms with E-state index in [0.29, 0.717) is 16.7 Å². The van der Waals surface area contributed by atoms with Crippen LogP contribution in [-0.4, -0.2) is 45.3 Å². The lowest BCUT2D eigenvalue weighted by Crippen LogP contribution is -2.42. The van der Waals surface area contributed by atoms with Crippen LogP contribution in [0.5, 0.6) is 5.88 Å². The molecule has 7 nitrogen and oxygen atoms in total. The molecule has 0 aromatic carbocycles. The van der Waals surface area contributed by atoms with E-state index in [1.165, 1.54) is 6.07 Å². The Morgan fingerprint density at radius 3 is 2.95 bits per heavy atom. The van der Waals surface area contributed by atoms with E-state index >= 15 is 0 Å². The van der Waals surface area contributed by atoms with Gasteiger partial charge in [0, 0.05) is 12.1 Å². The summed E-state index contributed by atoms with van der Waals surface area (Å²) in [6, 6.07) is 3.27. The van der Waals surface area contributed by atoms with Gasteiger partial charge in [-0.15, -0.1) is 0 Å². The number of pyridine rings is 1. The molecule has 0 saturated carbocycles. The zero-order valence-corrected chi connectivity index (χ0v) is 10.3. The summed E-state index contributed by atoms with van der Waals surface area (Å²) in [4.78, 5) is 16.0. The number of aromatic hydroxyl groups is 1.